The molecular formula is C22H22N2O4. The molecule has 0 aliphatic carbocycles. The Bertz CT molecular complexity index is 1090. The van der Waals surface area contributed by atoms with Crippen LogP contribution in [0, 0.1) is 0 Å². The molecule has 28 heavy (non-hydrogen) atoms. The molecule has 0 saturated carbocycles. The molecule has 1 atom stereocenters. The summed E-state index contributed by atoms with van der Waals surface area (Å²) >= 11 is 0. The summed E-state index contributed by atoms with van der Waals surface area (Å²) in [6.45, 7) is 1.33. The van der Waals surface area contributed by atoms with Gasteiger partial charge in [0.15, 0.2) is 5.43 Å². The molecule has 2 aromatic carbocycles. The molecule has 1 aliphatic heterocycles. The second-order valence-electron chi connectivity index (χ2n) is 7.32. The Balaban J connectivity index is 1.86. The first-order valence-corrected chi connectivity index (χ1v) is 9.27. The lowest BCUT2D eigenvalue weighted by Crippen LogP contribution is -2.32. The number of phenols is 1. The molecule has 0 saturated heterocycles. The average molecular weight is 378 g/mol. The van der Waals surface area contributed by atoms with Gasteiger partial charge in [0, 0.05) is 6.54 Å². The van der Waals surface area contributed by atoms with Gasteiger partial charge in [0.2, 0.25) is 5.76 Å². The molecule has 1 aromatic heterocycles. The average Bonchev–Trinajstić information content (AvgIpc) is 2.95. The zero-order valence-electron chi connectivity index (χ0n) is 15.9. The van der Waals surface area contributed by atoms with E-state index in [9.17, 15) is 14.7 Å². The predicted octanol–water partition coefficient (Wildman–Crippen LogP) is 3.00. The number of phenolic OH excluding ortho intramolecular Hbond substituents is 1. The molecular weight excluding hydrogens is 356 g/mol. The number of para-hydroxylation sites is 1. The summed E-state index contributed by atoms with van der Waals surface area (Å²) in [4.78, 5) is 30.2. The second kappa shape index (κ2) is 7.13. The van der Waals surface area contributed by atoms with E-state index in [1.165, 1.54) is 0 Å². The van der Waals surface area contributed by atoms with Gasteiger partial charge in [0.1, 0.15) is 11.3 Å². The van der Waals surface area contributed by atoms with Crippen molar-refractivity contribution in [2.75, 3.05) is 27.2 Å². The maximum absolute atomic E-state index is 13.2. The molecule has 0 bridgehead atoms. The van der Waals surface area contributed by atoms with E-state index in [2.05, 4.69) is 4.90 Å². The zero-order chi connectivity index (χ0) is 19.8. The molecule has 4 rings (SSSR count). The Morgan fingerprint density at radius 2 is 1.79 bits per heavy atom. The van der Waals surface area contributed by atoms with Gasteiger partial charge in [0.05, 0.1) is 17.0 Å². The largest absolute Gasteiger partial charge is 0.508 e. The minimum Gasteiger partial charge on any atom is -0.508 e. The number of amides is 1. The normalized spacial score (nSPS) is 16.2. The molecule has 2 heterocycles. The smallest absolute Gasteiger partial charge is 0.290 e. The standard InChI is InChI=1S/C22H22N2O4/c1-23(2)12-5-13-24-19(14-8-10-15(25)11-9-14)18-20(26)16-6-3-4-7-17(16)28-21(18)22(24)27/h3-4,6-11,19,25H,5,12-13H2,1-2H3/t19-/m0/s1. The highest BCUT2D eigenvalue weighted by molar-refractivity contribution is 5.99. The summed E-state index contributed by atoms with van der Waals surface area (Å²) in [6, 6.07) is 13.1. The Morgan fingerprint density at radius 3 is 2.50 bits per heavy atom. The van der Waals surface area contributed by atoms with Gasteiger partial charge in [0.25, 0.3) is 5.91 Å². The SMILES string of the molecule is CN(C)CCCN1C(=O)c2oc3ccccc3c(=O)c2[C@@H]1c1ccc(O)cc1. The molecule has 0 spiro atoms. The zero-order valence-corrected chi connectivity index (χ0v) is 15.9. The Morgan fingerprint density at radius 1 is 1.07 bits per heavy atom. The van der Waals surface area contributed by atoms with Crippen molar-refractivity contribution in [1.29, 1.82) is 0 Å². The first-order chi connectivity index (χ1) is 13.5. The lowest BCUT2D eigenvalue weighted by molar-refractivity contribution is 0.0722. The van der Waals surface area contributed by atoms with Crippen LogP contribution < -0.4 is 5.43 Å². The van der Waals surface area contributed by atoms with Crippen LogP contribution in [0.25, 0.3) is 11.0 Å². The fourth-order valence-corrected chi connectivity index (χ4v) is 3.76. The number of carbonyl (C=O) groups is 1. The molecule has 1 amide bonds. The van der Waals surface area contributed by atoms with Gasteiger partial charge in [-0.3, -0.25) is 9.59 Å². The highest BCUT2D eigenvalue weighted by atomic mass is 16.3. The Kier molecular flexibility index (Phi) is 4.65. The molecule has 144 valence electrons. The van der Waals surface area contributed by atoms with Crippen molar-refractivity contribution in [1.82, 2.24) is 9.80 Å². The third-order valence-corrected chi connectivity index (χ3v) is 5.09. The fourth-order valence-electron chi connectivity index (χ4n) is 3.76. The molecule has 1 aliphatic rings. The van der Waals surface area contributed by atoms with E-state index in [0.717, 1.165) is 18.5 Å². The monoisotopic (exact) mass is 378 g/mol. The van der Waals surface area contributed by atoms with Crippen molar-refractivity contribution in [3.05, 3.63) is 75.6 Å². The Labute approximate surface area is 162 Å². The van der Waals surface area contributed by atoms with Crippen molar-refractivity contribution in [3.63, 3.8) is 0 Å². The third kappa shape index (κ3) is 3.05. The number of carbonyl (C=O) groups excluding carboxylic acids is 1. The lowest BCUT2D eigenvalue weighted by Gasteiger charge is -2.25. The van der Waals surface area contributed by atoms with Gasteiger partial charge in [-0.05, 0) is 56.9 Å². The summed E-state index contributed by atoms with van der Waals surface area (Å²) in [5, 5.41) is 10.1. The van der Waals surface area contributed by atoms with E-state index in [-0.39, 0.29) is 22.8 Å². The van der Waals surface area contributed by atoms with Crippen LogP contribution in [-0.4, -0.2) is 48.0 Å². The third-order valence-electron chi connectivity index (χ3n) is 5.09. The number of nitrogens with zero attached hydrogens (tertiary/aromatic N) is 2. The maximum atomic E-state index is 13.2. The predicted molar refractivity (Wildman–Crippen MR) is 107 cm³/mol. The van der Waals surface area contributed by atoms with E-state index in [0.29, 0.717) is 23.1 Å². The summed E-state index contributed by atoms with van der Waals surface area (Å²) in [7, 11) is 3.96. The highest BCUT2D eigenvalue weighted by Crippen LogP contribution is 2.38. The number of hydrogen-bond donors (Lipinski definition) is 1. The lowest BCUT2D eigenvalue weighted by atomic mass is 9.98. The Hall–Kier alpha value is -3.12. The molecule has 1 N–H and O–H groups in total. The maximum Gasteiger partial charge on any atom is 0.290 e. The van der Waals surface area contributed by atoms with Crippen LogP contribution in [0.1, 0.15) is 34.1 Å². The molecule has 0 fully saturated rings. The molecule has 6 nitrogen and oxygen atoms in total. The van der Waals surface area contributed by atoms with E-state index in [1.807, 2.05) is 14.1 Å². The van der Waals surface area contributed by atoms with Crippen LogP contribution in [0.5, 0.6) is 5.75 Å². The highest BCUT2D eigenvalue weighted by Gasteiger charge is 2.42. The van der Waals surface area contributed by atoms with E-state index in [4.69, 9.17) is 4.42 Å². The van der Waals surface area contributed by atoms with E-state index in [1.54, 1.807) is 53.4 Å². The number of benzene rings is 2. The van der Waals surface area contributed by atoms with Crippen LogP contribution in [0.3, 0.4) is 0 Å². The second-order valence-corrected chi connectivity index (χ2v) is 7.32. The summed E-state index contributed by atoms with van der Waals surface area (Å²) in [6.07, 6.45) is 0.773. The molecule has 3 aromatic rings. The van der Waals surface area contributed by atoms with Crippen molar-refractivity contribution in [3.8, 4) is 5.75 Å². The van der Waals surface area contributed by atoms with Crippen LogP contribution in [0.2, 0.25) is 0 Å². The van der Waals surface area contributed by atoms with Crippen molar-refractivity contribution >= 4 is 16.9 Å². The van der Waals surface area contributed by atoms with Gasteiger partial charge in [-0.1, -0.05) is 24.3 Å². The number of fused-ring (bicyclic) bond motifs is 2. The van der Waals surface area contributed by atoms with Crippen LogP contribution >= 0.6 is 0 Å². The number of hydrogen-bond acceptors (Lipinski definition) is 5. The molecule has 0 radical (unpaired) electrons. The summed E-state index contributed by atoms with van der Waals surface area (Å²) in [5.41, 5.74) is 1.38. The van der Waals surface area contributed by atoms with Crippen molar-refractivity contribution in [2.24, 2.45) is 0 Å². The van der Waals surface area contributed by atoms with Crippen LogP contribution in [0.4, 0.5) is 0 Å². The summed E-state index contributed by atoms with van der Waals surface area (Å²) in [5.74, 6) is -0.0145. The number of aromatic hydroxyl groups is 1. The van der Waals surface area contributed by atoms with Crippen LogP contribution in [-0.2, 0) is 0 Å². The number of rotatable bonds is 5. The minimum atomic E-state index is -0.522. The van der Waals surface area contributed by atoms with Gasteiger partial charge in [-0.25, -0.2) is 0 Å². The first-order valence-electron chi connectivity index (χ1n) is 9.27. The first kappa shape index (κ1) is 18.3. The summed E-state index contributed by atoms with van der Waals surface area (Å²) < 4.78 is 5.88. The van der Waals surface area contributed by atoms with Crippen molar-refractivity contribution < 1.29 is 14.3 Å². The van der Waals surface area contributed by atoms with Gasteiger partial charge >= 0.3 is 0 Å². The van der Waals surface area contributed by atoms with Crippen LogP contribution in [0.15, 0.2) is 57.7 Å². The molecule has 6 heteroatoms. The van der Waals surface area contributed by atoms with E-state index >= 15 is 0 Å². The van der Waals surface area contributed by atoms with Gasteiger partial charge in [-0.2, -0.15) is 0 Å². The topological polar surface area (TPSA) is 74.0 Å². The van der Waals surface area contributed by atoms with Crippen molar-refractivity contribution in [2.45, 2.75) is 12.5 Å². The quantitative estimate of drug-likeness (QED) is 0.739. The van der Waals surface area contributed by atoms with Gasteiger partial charge in [-0.15, -0.1) is 0 Å². The van der Waals surface area contributed by atoms with Gasteiger partial charge < -0.3 is 19.3 Å². The van der Waals surface area contributed by atoms with E-state index < -0.39 is 6.04 Å². The minimum absolute atomic E-state index is 0.117. The fraction of sp³-hybridized carbons (Fsp3) is 0.273. The molecule has 0 unspecified atom stereocenters.